The van der Waals surface area contributed by atoms with Gasteiger partial charge in [0.15, 0.2) is 17.5 Å². The molecule has 6 nitrogen and oxygen atoms in total. The average molecular weight is 693 g/mol. The van der Waals surface area contributed by atoms with E-state index < -0.39 is 0 Å². The first-order valence-electron chi connectivity index (χ1n) is 17.9. The molecule has 0 atom stereocenters. The van der Waals surface area contributed by atoms with Crippen molar-refractivity contribution in [1.82, 2.24) is 19.9 Å². The summed E-state index contributed by atoms with van der Waals surface area (Å²) in [6.07, 6.45) is 3.64. The van der Waals surface area contributed by atoms with Crippen molar-refractivity contribution in [1.29, 1.82) is 0 Å². The highest BCUT2D eigenvalue weighted by molar-refractivity contribution is 6.16. The zero-order valence-corrected chi connectivity index (χ0v) is 28.8. The van der Waals surface area contributed by atoms with Gasteiger partial charge in [-0.05, 0) is 63.4 Å². The number of rotatable bonds is 5. The monoisotopic (exact) mass is 692 g/mol. The van der Waals surface area contributed by atoms with Crippen LogP contribution in [0.15, 0.2) is 179 Å². The zero-order valence-electron chi connectivity index (χ0n) is 28.8. The van der Waals surface area contributed by atoms with E-state index in [1.54, 1.807) is 6.20 Å². The molecule has 0 aliphatic carbocycles. The summed E-state index contributed by atoms with van der Waals surface area (Å²) in [5.41, 5.74) is 10.3. The van der Waals surface area contributed by atoms with Crippen LogP contribution >= 0.6 is 0 Å². The SMILES string of the molecule is c1ccc(-c2cccc(-c3nc(-c4cccc5c(-c6cccc7oc8ccncc8c67)cccc45)nc(-c4cccc5oc6ccccc6c45)n3)c2)cc1. The Balaban J connectivity index is 1.16. The van der Waals surface area contributed by atoms with Crippen LogP contribution in [0.4, 0.5) is 0 Å². The van der Waals surface area contributed by atoms with Crippen molar-refractivity contribution in [2.75, 3.05) is 0 Å². The first-order chi connectivity index (χ1) is 26.8. The Hall–Kier alpha value is -7.44. The molecule has 0 bridgehead atoms. The van der Waals surface area contributed by atoms with Gasteiger partial charge in [0.05, 0.1) is 0 Å². The van der Waals surface area contributed by atoms with Gasteiger partial charge in [0.1, 0.15) is 22.3 Å². The normalized spacial score (nSPS) is 11.7. The van der Waals surface area contributed by atoms with E-state index in [-0.39, 0.29) is 0 Å². The van der Waals surface area contributed by atoms with Crippen molar-refractivity contribution in [2.45, 2.75) is 0 Å². The summed E-state index contributed by atoms with van der Waals surface area (Å²) in [7, 11) is 0. The Labute approximate surface area is 309 Å². The van der Waals surface area contributed by atoms with Gasteiger partial charge in [0, 0.05) is 50.6 Å². The third-order valence-electron chi connectivity index (χ3n) is 10.3. The Morgan fingerprint density at radius 1 is 0.333 bits per heavy atom. The fourth-order valence-corrected chi connectivity index (χ4v) is 7.81. The highest BCUT2D eigenvalue weighted by Gasteiger charge is 2.20. The van der Waals surface area contributed by atoms with E-state index in [0.29, 0.717) is 17.5 Å². The minimum Gasteiger partial charge on any atom is -0.456 e. The van der Waals surface area contributed by atoms with E-state index in [1.807, 2.05) is 60.8 Å². The third kappa shape index (κ3) is 4.81. The molecule has 4 heterocycles. The van der Waals surface area contributed by atoms with Gasteiger partial charge < -0.3 is 8.83 Å². The van der Waals surface area contributed by atoms with Crippen molar-refractivity contribution in [3.05, 3.63) is 170 Å². The standard InChI is InChI=1S/C48H28N4O2/c1-2-11-29(12-3-1)30-13-6-14-31(27-30)46-50-47(52-48(51-46)38-21-10-24-43-45(38)37-15-4-5-22-40(37)53-43)36-20-8-16-32-33(17-7-18-34(32)36)35-19-9-23-42-44(35)39-28-49-26-25-41(39)54-42/h1-28H. The summed E-state index contributed by atoms with van der Waals surface area (Å²) in [6, 6.07) is 53.8. The molecule has 11 rings (SSSR count). The predicted octanol–water partition coefficient (Wildman–Crippen LogP) is 12.6. The van der Waals surface area contributed by atoms with Crippen molar-refractivity contribution in [2.24, 2.45) is 0 Å². The molecule has 252 valence electrons. The Morgan fingerprint density at radius 3 is 1.70 bits per heavy atom. The molecule has 0 saturated carbocycles. The number of benzene rings is 7. The maximum absolute atomic E-state index is 6.29. The van der Waals surface area contributed by atoms with Crippen LogP contribution in [0.25, 0.3) is 111 Å². The van der Waals surface area contributed by atoms with Gasteiger partial charge in [-0.15, -0.1) is 0 Å². The minimum atomic E-state index is 0.576. The molecule has 0 fully saturated rings. The van der Waals surface area contributed by atoms with Crippen molar-refractivity contribution in [3.63, 3.8) is 0 Å². The van der Waals surface area contributed by atoms with Gasteiger partial charge in [0.2, 0.25) is 0 Å². The van der Waals surface area contributed by atoms with E-state index in [4.69, 9.17) is 23.8 Å². The molecule has 4 aromatic heterocycles. The fraction of sp³-hybridized carbons (Fsp3) is 0. The lowest BCUT2D eigenvalue weighted by atomic mass is 9.93. The summed E-state index contributed by atoms with van der Waals surface area (Å²) >= 11 is 0. The van der Waals surface area contributed by atoms with E-state index in [2.05, 4.69) is 108 Å². The zero-order chi connectivity index (χ0) is 35.6. The molecule has 0 radical (unpaired) electrons. The second kappa shape index (κ2) is 12.1. The maximum atomic E-state index is 6.29. The Kier molecular flexibility index (Phi) is 6.75. The summed E-state index contributed by atoms with van der Waals surface area (Å²) in [4.78, 5) is 20.1. The van der Waals surface area contributed by atoms with Crippen LogP contribution in [0, 0.1) is 0 Å². The molecule has 0 N–H and O–H groups in total. The van der Waals surface area contributed by atoms with Crippen molar-refractivity contribution in [3.8, 4) is 56.4 Å². The smallest absolute Gasteiger partial charge is 0.164 e. The first-order valence-corrected chi connectivity index (χ1v) is 17.9. The predicted molar refractivity (Wildman–Crippen MR) is 217 cm³/mol. The van der Waals surface area contributed by atoms with Gasteiger partial charge >= 0.3 is 0 Å². The summed E-state index contributed by atoms with van der Waals surface area (Å²) in [5, 5.41) is 6.14. The molecule has 54 heavy (non-hydrogen) atoms. The van der Waals surface area contributed by atoms with Gasteiger partial charge in [-0.25, -0.2) is 15.0 Å². The molecule has 0 aliphatic heterocycles. The summed E-state index contributed by atoms with van der Waals surface area (Å²) < 4.78 is 12.5. The van der Waals surface area contributed by atoms with Gasteiger partial charge in [-0.3, -0.25) is 4.98 Å². The second-order valence-corrected chi connectivity index (χ2v) is 13.4. The van der Waals surface area contributed by atoms with Crippen molar-refractivity contribution < 1.29 is 8.83 Å². The number of fused-ring (bicyclic) bond motifs is 7. The molecule has 0 unspecified atom stereocenters. The molecule has 7 aromatic carbocycles. The van der Waals surface area contributed by atoms with Crippen LogP contribution in [0.2, 0.25) is 0 Å². The van der Waals surface area contributed by atoms with Crippen LogP contribution in [-0.2, 0) is 0 Å². The molecule has 0 aliphatic rings. The maximum Gasteiger partial charge on any atom is 0.164 e. The molecule has 0 amide bonds. The topological polar surface area (TPSA) is 77.8 Å². The lowest BCUT2D eigenvalue weighted by Gasteiger charge is -2.13. The number of hydrogen-bond donors (Lipinski definition) is 0. The van der Waals surface area contributed by atoms with Gasteiger partial charge in [-0.2, -0.15) is 0 Å². The lowest BCUT2D eigenvalue weighted by Crippen LogP contribution is -2.01. The quantitative estimate of drug-likeness (QED) is 0.179. The van der Waals surface area contributed by atoms with Crippen LogP contribution in [0.5, 0.6) is 0 Å². The highest BCUT2D eigenvalue weighted by atomic mass is 16.3. The third-order valence-corrected chi connectivity index (χ3v) is 10.3. The van der Waals surface area contributed by atoms with Crippen LogP contribution in [0.1, 0.15) is 0 Å². The number of para-hydroxylation sites is 1. The number of nitrogens with zero attached hydrogens (tertiary/aromatic N) is 4. The highest BCUT2D eigenvalue weighted by Crippen LogP contribution is 2.42. The first kappa shape index (κ1) is 30.2. The molecular formula is C48H28N4O2. The summed E-state index contributed by atoms with van der Waals surface area (Å²) in [5.74, 6) is 1.75. The number of aromatic nitrogens is 4. The average Bonchev–Trinajstić information content (AvgIpc) is 3.82. The van der Waals surface area contributed by atoms with E-state index >= 15 is 0 Å². The molecule has 0 saturated heterocycles. The fourth-order valence-electron chi connectivity index (χ4n) is 7.81. The Bertz CT molecular complexity index is 3240. The van der Waals surface area contributed by atoms with Crippen molar-refractivity contribution >= 4 is 54.6 Å². The number of furan rings is 2. The van der Waals surface area contributed by atoms with Crippen LogP contribution in [-0.4, -0.2) is 19.9 Å². The largest absolute Gasteiger partial charge is 0.456 e. The number of pyridine rings is 1. The van der Waals surface area contributed by atoms with E-state index in [9.17, 15) is 0 Å². The molecule has 0 spiro atoms. The lowest BCUT2D eigenvalue weighted by molar-refractivity contribution is 0.668. The molecular weight excluding hydrogens is 665 g/mol. The van der Waals surface area contributed by atoms with E-state index in [0.717, 1.165) is 93.6 Å². The van der Waals surface area contributed by atoms with Gasteiger partial charge in [-0.1, -0.05) is 127 Å². The number of hydrogen-bond acceptors (Lipinski definition) is 6. The molecule has 6 heteroatoms. The summed E-state index contributed by atoms with van der Waals surface area (Å²) in [6.45, 7) is 0. The van der Waals surface area contributed by atoms with E-state index in [1.165, 1.54) is 0 Å². The Morgan fingerprint density at radius 2 is 0.870 bits per heavy atom. The van der Waals surface area contributed by atoms with Crippen LogP contribution < -0.4 is 0 Å². The van der Waals surface area contributed by atoms with Gasteiger partial charge in [0.25, 0.3) is 0 Å². The molecule has 11 aromatic rings. The second-order valence-electron chi connectivity index (χ2n) is 13.4. The van der Waals surface area contributed by atoms with Crippen LogP contribution in [0.3, 0.4) is 0 Å². The minimum absolute atomic E-state index is 0.576.